The summed E-state index contributed by atoms with van der Waals surface area (Å²) in [6.07, 6.45) is 2.68. The van der Waals surface area contributed by atoms with Gasteiger partial charge >= 0.3 is 0 Å². The number of nitrogens with two attached hydrogens (primary N) is 1. The predicted molar refractivity (Wildman–Crippen MR) is 53.9 cm³/mol. The zero-order valence-corrected chi connectivity index (χ0v) is 8.93. The Morgan fingerprint density at radius 3 is 2.33 bits per heavy atom. The van der Waals surface area contributed by atoms with E-state index >= 15 is 0 Å². The van der Waals surface area contributed by atoms with Crippen molar-refractivity contribution in [1.82, 2.24) is 0 Å². The Labute approximate surface area is 76.7 Å². The molecule has 0 aliphatic heterocycles. The van der Waals surface area contributed by atoms with Crippen molar-refractivity contribution in [2.45, 2.75) is 40.5 Å². The summed E-state index contributed by atoms with van der Waals surface area (Å²) in [7, 11) is 0. The Morgan fingerprint density at radius 1 is 1.42 bits per heavy atom. The molecular formula is C11H23N. The first-order valence-electron chi connectivity index (χ1n) is 5.25. The molecule has 0 aromatic heterocycles. The summed E-state index contributed by atoms with van der Waals surface area (Å²) in [5.74, 6) is 2.56. The van der Waals surface area contributed by atoms with E-state index in [2.05, 4.69) is 27.7 Å². The molecule has 0 saturated heterocycles. The van der Waals surface area contributed by atoms with Crippen LogP contribution in [0.15, 0.2) is 0 Å². The minimum absolute atomic E-state index is 0.531. The quantitative estimate of drug-likeness (QED) is 0.688. The molecule has 0 amide bonds. The number of hydrogen-bond acceptors (Lipinski definition) is 1. The third-order valence-corrected chi connectivity index (χ3v) is 3.75. The molecule has 0 aromatic carbocycles. The topological polar surface area (TPSA) is 26.0 Å². The second-order valence-electron chi connectivity index (χ2n) is 4.96. The molecule has 1 aliphatic rings. The molecule has 72 valence electrons. The van der Waals surface area contributed by atoms with Crippen LogP contribution >= 0.6 is 0 Å². The first-order chi connectivity index (χ1) is 5.55. The molecule has 12 heavy (non-hydrogen) atoms. The highest BCUT2D eigenvalue weighted by molar-refractivity contribution is 5.06. The lowest BCUT2D eigenvalue weighted by molar-refractivity contribution is 0.394. The standard InChI is InChI=1S/C11H23N/c1-5-6-8(2)10-9(7-12)11(10,3)4/h8-10H,5-7,12H2,1-4H3/t8?,9-,10-/m0/s1. The highest BCUT2D eigenvalue weighted by Gasteiger charge is 2.58. The monoisotopic (exact) mass is 169 g/mol. The van der Waals surface area contributed by atoms with Gasteiger partial charge in [0, 0.05) is 0 Å². The van der Waals surface area contributed by atoms with E-state index in [4.69, 9.17) is 5.73 Å². The van der Waals surface area contributed by atoms with Crippen LogP contribution in [0.4, 0.5) is 0 Å². The Bertz CT molecular complexity index is 151. The van der Waals surface area contributed by atoms with Crippen molar-refractivity contribution < 1.29 is 0 Å². The van der Waals surface area contributed by atoms with Crippen molar-refractivity contribution in [2.24, 2.45) is 28.9 Å². The van der Waals surface area contributed by atoms with Gasteiger partial charge in [0.05, 0.1) is 0 Å². The Morgan fingerprint density at radius 2 is 2.00 bits per heavy atom. The molecule has 1 unspecified atom stereocenters. The molecular weight excluding hydrogens is 146 g/mol. The fourth-order valence-corrected chi connectivity index (χ4v) is 3.00. The van der Waals surface area contributed by atoms with Gasteiger partial charge < -0.3 is 5.73 Å². The Kier molecular flexibility index (Phi) is 2.82. The minimum atomic E-state index is 0.531. The molecule has 0 aromatic rings. The van der Waals surface area contributed by atoms with Gasteiger partial charge in [-0.25, -0.2) is 0 Å². The summed E-state index contributed by atoms with van der Waals surface area (Å²) >= 11 is 0. The molecule has 1 aliphatic carbocycles. The zero-order valence-electron chi connectivity index (χ0n) is 8.93. The molecule has 0 heterocycles. The van der Waals surface area contributed by atoms with Gasteiger partial charge in [-0.1, -0.05) is 40.5 Å². The number of hydrogen-bond donors (Lipinski definition) is 1. The lowest BCUT2D eigenvalue weighted by Gasteiger charge is -2.10. The molecule has 1 rings (SSSR count). The molecule has 0 bridgehead atoms. The van der Waals surface area contributed by atoms with Gasteiger partial charge in [-0.3, -0.25) is 0 Å². The van der Waals surface area contributed by atoms with E-state index in [1.54, 1.807) is 0 Å². The second-order valence-corrected chi connectivity index (χ2v) is 4.96. The summed E-state index contributed by atoms with van der Waals surface area (Å²) in [5.41, 5.74) is 6.26. The summed E-state index contributed by atoms with van der Waals surface area (Å²) in [6.45, 7) is 10.3. The molecule has 1 nitrogen and oxygen atoms in total. The first-order valence-corrected chi connectivity index (χ1v) is 5.25. The highest BCUT2D eigenvalue weighted by Crippen LogP contribution is 2.61. The van der Waals surface area contributed by atoms with Crippen molar-refractivity contribution in [2.75, 3.05) is 6.54 Å². The molecule has 3 atom stereocenters. The van der Waals surface area contributed by atoms with Gasteiger partial charge in [-0.05, 0) is 29.7 Å². The van der Waals surface area contributed by atoms with Crippen LogP contribution in [0, 0.1) is 23.2 Å². The maximum absolute atomic E-state index is 5.73. The van der Waals surface area contributed by atoms with E-state index in [1.165, 1.54) is 12.8 Å². The smallest absolute Gasteiger partial charge is 0.00407 e. The van der Waals surface area contributed by atoms with Crippen LogP contribution in [0.5, 0.6) is 0 Å². The van der Waals surface area contributed by atoms with Crippen molar-refractivity contribution in [1.29, 1.82) is 0 Å². The molecule has 2 N–H and O–H groups in total. The third-order valence-electron chi connectivity index (χ3n) is 3.75. The van der Waals surface area contributed by atoms with E-state index in [0.717, 1.165) is 24.3 Å². The molecule has 1 heteroatoms. The molecule has 0 radical (unpaired) electrons. The van der Waals surface area contributed by atoms with Crippen molar-refractivity contribution in [3.05, 3.63) is 0 Å². The predicted octanol–water partition coefficient (Wildman–Crippen LogP) is 2.65. The van der Waals surface area contributed by atoms with Crippen LogP contribution in [-0.4, -0.2) is 6.54 Å². The van der Waals surface area contributed by atoms with Crippen LogP contribution in [0.3, 0.4) is 0 Å². The number of rotatable bonds is 4. The maximum Gasteiger partial charge on any atom is -0.00407 e. The van der Waals surface area contributed by atoms with Crippen molar-refractivity contribution in [3.63, 3.8) is 0 Å². The fraction of sp³-hybridized carbons (Fsp3) is 1.00. The highest BCUT2D eigenvalue weighted by atomic mass is 14.7. The lowest BCUT2D eigenvalue weighted by atomic mass is 9.95. The van der Waals surface area contributed by atoms with Gasteiger partial charge in [0.15, 0.2) is 0 Å². The van der Waals surface area contributed by atoms with Gasteiger partial charge in [0.1, 0.15) is 0 Å². The first kappa shape index (κ1) is 10.0. The van der Waals surface area contributed by atoms with E-state index in [-0.39, 0.29) is 0 Å². The average Bonchev–Trinajstić information content (AvgIpc) is 2.53. The van der Waals surface area contributed by atoms with E-state index in [0.29, 0.717) is 5.41 Å². The van der Waals surface area contributed by atoms with E-state index in [9.17, 15) is 0 Å². The van der Waals surface area contributed by atoms with Crippen molar-refractivity contribution in [3.8, 4) is 0 Å². The van der Waals surface area contributed by atoms with Crippen LogP contribution in [-0.2, 0) is 0 Å². The van der Waals surface area contributed by atoms with Gasteiger partial charge in [-0.2, -0.15) is 0 Å². The average molecular weight is 169 g/mol. The zero-order chi connectivity index (χ0) is 9.35. The van der Waals surface area contributed by atoms with E-state index in [1.807, 2.05) is 0 Å². The van der Waals surface area contributed by atoms with Crippen LogP contribution in [0.2, 0.25) is 0 Å². The van der Waals surface area contributed by atoms with Crippen LogP contribution < -0.4 is 5.73 Å². The summed E-state index contributed by atoms with van der Waals surface area (Å²) in [4.78, 5) is 0. The van der Waals surface area contributed by atoms with Crippen LogP contribution in [0.25, 0.3) is 0 Å². The summed E-state index contributed by atoms with van der Waals surface area (Å²) in [6, 6.07) is 0. The second kappa shape index (κ2) is 3.37. The fourth-order valence-electron chi connectivity index (χ4n) is 3.00. The molecule has 1 fully saturated rings. The minimum Gasteiger partial charge on any atom is -0.330 e. The summed E-state index contributed by atoms with van der Waals surface area (Å²) < 4.78 is 0. The van der Waals surface area contributed by atoms with Gasteiger partial charge in [0.2, 0.25) is 0 Å². The Hall–Kier alpha value is -0.0400. The molecule has 1 saturated carbocycles. The summed E-state index contributed by atoms with van der Waals surface area (Å²) in [5, 5.41) is 0. The SMILES string of the molecule is CCCC(C)[C@H]1[C@H](CN)C1(C)C. The third kappa shape index (κ3) is 1.52. The van der Waals surface area contributed by atoms with E-state index < -0.39 is 0 Å². The van der Waals surface area contributed by atoms with Gasteiger partial charge in [-0.15, -0.1) is 0 Å². The normalized spacial score (nSPS) is 34.8. The van der Waals surface area contributed by atoms with Gasteiger partial charge in [0.25, 0.3) is 0 Å². The lowest BCUT2D eigenvalue weighted by Crippen LogP contribution is -2.06. The Balaban J connectivity index is 2.45. The largest absolute Gasteiger partial charge is 0.330 e. The van der Waals surface area contributed by atoms with Crippen LogP contribution in [0.1, 0.15) is 40.5 Å². The van der Waals surface area contributed by atoms with Crippen molar-refractivity contribution >= 4 is 0 Å². The maximum atomic E-state index is 5.73. The molecule has 0 spiro atoms.